The first-order valence-corrected chi connectivity index (χ1v) is 16.6. The van der Waals surface area contributed by atoms with Crippen LogP contribution in [-0.4, -0.2) is 35.9 Å². The second-order valence-corrected chi connectivity index (χ2v) is 12.2. The highest BCUT2D eigenvalue weighted by Gasteiger charge is 2.31. The van der Waals surface area contributed by atoms with Gasteiger partial charge in [-0.3, -0.25) is 14.8 Å². The molecule has 0 amide bonds. The van der Waals surface area contributed by atoms with Crippen molar-refractivity contribution in [3.63, 3.8) is 0 Å². The third kappa shape index (κ3) is 5.72. The first-order valence-electron chi connectivity index (χ1n) is 16.6. The van der Waals surface area contributed by atoms with Crippen molar-refractivity contribution < 1.29 is 15.0 Å². The number of hydrogen-bond acceptors (Lipinski definition) is 7. The summed E-state index contributed by atoms with van der Waals surface area (Å²) in [5.41, 5.74) is 8.84. The summed E-state index contributed by atoms with van der Waals surface area (Å²) in [6.07, 6.45) is 9.22. The van der Waals surface area contributed by atoms with Gasteiger partial charge in [0, 0.05) is 34.6 Å². The van der Waals surface area contributed by atoms with Crippen LogP contribution >= 0.6 is 0 Å². The Morgan fingerprint density at radius 2 is 0.938 bits per heavy atom. The van der Waals surface area contributed by atoms with E-state index >= 15 is 0 Å². The average Bonchev–Trinajstić information content (AvgIpc) is 3.41. The topological polar surface area (TPSA) is 109 Å². The zero-order valence-electron chi connectivity index (χ0n) is 27.1. The average molecular weight is 633 g/mol. The molecule has 2 aromatic carbocycles. The summed E-state index contributed by atoms with van der Waals surface area (Å²) < 4.78 is 0. The zero-order valence-corrected chi connectivity index (χ0v) is 27.1. The minimum Gasteiger partial charge on any atom is -0.507 e. The fraction of sp³-hybridized carbons (Fsp3) is 0.195. The van der Waals surface area contributed by atoms with Crippen molar-refractivity contribution in [3.8, 4) is 67.9 Å². The lowest BCUT2D eigenvalue weighted by molar-refractivity contribution is 0.104. The van der Waals surface area contributed by atoms with E-state index in [4.69, 9.17) is 9.97 Å². The van der Waals surface area contributed by atoms with Crippen molar-refractivity contribution in [1.82, 2.24) is 19.9 Å². The molecule has 1 aliphatic carbocycles. The molecule has 0 radical (unpaired) electrons. The maximum absolute atomic E-state index is 13.5. The molecule has 4 heterocycles. The van der Waals surface area contributed by atoms with Crippen molar-refractivity contribution >= 4 is 5.78 Å². The van der Waals surface area contributed by atoms with Gasteiger partial charge in [0.2, 0.25) is 0 Å². The van der Waals surface area contributed by atoms with E-state index in [1.165, 1.54) is 0 Å². The van der Waals surface area contributed by atoms with Crippen LogP contribution in [0.25, 0.3) is 56.4 Å². The molecule has 0 aliphatic heterocycles. The number of unbranched alkanes of at least 4 members (excludes halogenated alkanes) is 2. The maximum Gasteiger partial charge on any atom is 0.197 e. The fourth-order valence-electron chi connectivity index (χ4n) is 6.36. The molecule has 7 rings (SSSR count). The van der Waals surface area contributed by atoms with Crippen LogP contribution in [0.1, 0.15) is 66.6 Å². The normalized spacial score (nSPS) is 11.8. The van der Waals surface area contributed by atoms with Crippen LogP contribution in [0.15, 0.2) is 97.3 Å². The molecule has 0 saturated carbocycles. The Morgan fingerprint density at radius 1 is 0.521 bits per heavy atom. The summed E-state index contributed by atoms with van der Waals surface area (Å²) in [5, 5.41) is 23.2. The molecule has 0 saturated heterocycles. The molecule has 0 atom stereocenters. The van der Waals surface area contributed by atoms with E-state index in [0.717, 1.165) is 49.7 Å². The number of phenols is 2. The number of hydrogen-bond donors (Lipinski definition) is 2. The number of carbonyl (C=O) groups excluding carboxylic acids is 1. The van der Waals surface area contributed by atoms with Gasteiger partial charge in [-0.1, -0.05) is 38.8 Å². The van der Waals surface area contributed by atoms with Crippen LogP contribution in [0, 0.1) is 0 Å². The molecule has 7 nitrogen and oxygen atoms in total. The number of ketones is 1. The Morgan fingerprint density at radius 3 is 1.31 bits per heavy atom. The van der Waals surface area contributed by atoms with E-state index in [1.54, 1.807) is 36.7 Å². The molecule has 0 fully saturated rings. The standard InChI is InChI=1S/C41H36N4O3/c1-3-5-11-25-21-29(33-13-7-9-19-42-33)40(47)31(23-25)35-17-15-27-37(44-35)38-28(39(27)46)16-18-36(45-38)32-24-26(12-6-4-2)22-30(41(32)48)34-14-8-10-20-43-34/h7-10,13-24,47-48H,3-6,11-12H2,1-2H3. The number of nitrogens with zero attached hydrogens (tertiary/aromatic N) is 4. The highest BCUT2D eigenvalue weighted by molar-refractivity contribution is 6.20. The zero-order chi connectivity index (χ0) is 33.2. The van der Waals surface area contributed by atoms with Crippen molar-refractivity contribution in [2.75, 3.05) is 0 Å². The molecule has 2 N–H and O–H groups in total. The number of pyridine rings is 4. The summed E-state index contributed by atoms with van der Waals surface area (Å²) in [7, 11) is 0. The molecule has 0 bridgehead atoms. The summed E-state index contributed by atoms with van der Waals surface area (Å²) in [6, 6.07) is 26.3. The Bertz CT molecular complexity index is 1990. The largest absolute Gasteiger partial charge is 0.507 e. The van der Waals surface area contributed by atoms with Gasteiger partial charge >= 0.3 is 0 Å². The third-order valence-corrected chi connectivity index (χ3v) is 8.92. The van der Waals surface area contributed by atoms with Crippen LogP contribution < -0.4 is 0 Å². The lowest BCUT2D eigenvalue weighted by Gasteiger charge is -2.14. The van der Waals surface area contributed by atoms with Gasteiger partial charge in [0.1, 0.15) is 22.9 Å². The molecule has 0 unspecified atom stereocenters. The molecule has 238 valence electrons. The minimum absolute atomic E-state index is 0.0866. The summed E-state index contributed by atoms with van der Waals surface area (Å²) in [5.74, 6) is 0.0235. The number of aromatic nitrogens is 4. The second kappa shape index (κ2) is 13.2. The lowest BCUT2D eigenvalue weighted by Crippen LogP contribution is -1.97. The van der Waals surface area contributed by atoms with Gasteiger partial charge in [0.05, 0.1) is 33.9 Å². The van der Waals surface area contributed by atoms with Gasteiger partial charge in [-0.25, -0.2) is 9.97 Å². The summed E-state index contributed by atoms with van der Waals surface area (Å²) in [4.78, 5) is 32.5. The van der Waals surface area contributed by atoms with Gasteiger partial charge in [-0.2, -0.15) is 0 Å². The van der Waals surface area contributed by atoms with Crippen LogP contribution in [0.2, 0.25) is 0 Å². The van der Waals surface area contributed by atoms with Crippen molar-refractivity contribution in [3.05, 3.63) is 120 Å². The minimum atomic E-state index is -0.150. The van der Waals surface area contributed by atoms with E-state index < -0.39 is 0 Å². The van der Waals surface area contributed by atoms with E-state index in [0.29, 0.717) is 67.5 Å². The van der Waals surface area contributed by atoms with Crippen molar-refractivity contribution in [2.45, 2.75) is 52.4 Å². The highest BCUT2D eigenvalue weighted by atomic mass is 16.3. The van der Waals surface area contributed by atoms with Gasteiger partial charge in [-0.15, -0.1) is 0 Å². The molecular weight excluding hydrogens is 596 g/mol. The molecule has 1 aliphatic rings. The number of aromatic hydroxyl groups is 2. The number of rotatable bonds is 10. The van der Waals surface area contributed by atoms with Gasteiger partial charge in [0.25, 0.3) is 0 Å². The van der Waals surface area contributed by atoms with E-state index in [1.807, 2.05) is 60.7 Å². The van der Waals surface area contributed by atoms with Crippen LogP contribution in [0.5, 0.6) is 11.5 Å². The van der Waals surface area contributed by atoms with E-state index in [-0.39, 0.29) is 17.3 Å². The Kier molecular flexibility index (Phi) is 8.51. The molecule has 6 aromatic rings. The van der Waals surface area contributed by atoms with E-state index in [9.17, 15) is 15.0 Å². The summed E-state index contributed by atoms with van der Waals surface area (Å²) in [6.45, 7) is 4.30. The van der Waals surface area contributed by atoms with E-state index in [2.05, 4.69) is 23.8 Å². The predicted molar refractivity (Wildman–Crippen MR) is 189 cm³/mol. The second-order valence-electron chi connectivity index (χ2n) is 12.2. The fourth-order valence-corrected chi connectivity index (χ4v) is 6.36. The predicted octanol–water partition coefficient (Wildman–Crippen LogP) is 9.24. The van der Waals surface area contributed by atoms with Crippen LogP contribution in [0.4, 0.5) is 0 Å². The van der Waals surface area contributed by atoms with Gasteiger partial charge < -0.3 is 10.2 Å². The van der Waals surface area contributed by atoms with Gasteiger partial charge in [-0.05, 0) is 110 Å². The third-order valence-electron chi connectivity index (χ3n) is 8.92. The quantitative estimate of drug-likeness (QED) is 0.155. The Balaban J connectivity index is 1.36. The number of fused-ring (bicyclic) bond motifs is 3. The number of benzene rings is 2. The summed E-state index contributed by atoms with van der Waals surface area (Å²) >= 11 is 0. The number of aryl methyl sites for hydroxylation is 2. The highest BCUT2D eigenvalue weighted by Crippen LogP contribution is 2.43. The Hall–Kier alpha value is -5.69. The molecule has 0 spiro atoms. The first kappa shape index (κ1) is 30.9. The molecule has 4 aromatic heterocycles. The molecular formula is C41H36N4O3. The molecule has 48 heavy (non-hydrogen) atoms. The number of carbonyl (C=O) groups is 1. The molecule has 7 heteroatoms. The monoisotopic (exact) mass is 632 g/mol. The van der Waals surface area contributed by atoms with Crippen molar-refractivity contribution in [1.29, 1.82) is 0 Å². The Labute approximate surface area is 280 Å². The van der Waals surface area contributed by atoms with Gasteiger partial charge in [0.15, 0.2) is 5.78 Å². The number of phenolic OH excluding ortho intramolecular Hbond substituents is 2. The van der Waals surface area contributed by atoms with Crippen LogP contribution in [-0.2, 0) is 12.8 Å². The smallest absolute Gasteiger partial charge is 0.197 e. The first-order chi connectivity index (χ1) is 23.5. The SMILES string of the molecule is CCCCc1cc(-c2ccccn2)c(O)c(-c2ccc3c(n2)-c2nc(-c4cc(CCCC)cc(-c5ccccn5)c4O)ccc2C3=O)c1. The maximum atomic E-state index is 13.5. The van der Waals surface area contributed by atoms with Crippen molar-refractivity contribution in [2.24, 2.45) is 0 Å². The van der Waals surface area contributed by atoms with Crippen LogP contribution in [0.3, 0.4) is 0 Å². The lowest BCUT2D eigenvalue weighted by atomic mass is 9.96.